The minimum absolute atomic E-state index is 0.172. The van der Waals surface area contributed by atoms with Gasteiger partial charge in [0.25, 0.3) is 0 Å². The summed E-state index contributed by atoms with van der Waals surface area (Å²) in [7, 11) is 0. The fraction of sp³-hybridized carbons (Fsp3) is 0.318. The van der Waals surface area contributed by atoms with Gasteiger partial charge in [-0.1, -0.05) is 30.3 Å². The molecule has 0 spiro atoms. The first-order valence-corrected chi connectivity index (χ1v) is 9.46. The van der Waals surface area contributed by atoms with Gasteiger partial charge in [0.05, 0.1) is 6.54 Å². The van der Waals surface area contributed by atoms with Crippen LogP contribution in [0, 0.1) is 0 Å². The molecular weight excluding hydrogens is 338 g/mol. The molecule has 0 saturated carbocycles. The lowest BCUT2D eigenvalue weighted by molar-refractivity contribution is -0.132. The molecule has 0 N–H and O–H groups in total. The first kappa shape index (κ1) is 17.5. The Bertz CT molecular complexity index is 890. The third-order valence-corrected chi connectivity index (χ3v) is 4.97. The number of benzene rings is 1. The van der Waals surface area contributed by atoms with Crippen LogP contribution in [0.4, 0.5) is 0 Å². The van der Waals surface area contributed by atoms with E-state index in [0.29, 0.717) is 19.5 Å². The average Bonchev–Trinajstić information content (AvgIpc) is 3.14. The van der Waals surface area contributed by atoms with Gasteiger partial charge in [-0.2, -0.15) is 0 Å². The minimum Gasteiger partial charge on any atom is -0.445 e. The highest BCUT2D eigenvalue weighted by atomic mass is 16.4. The van der Waals surface area contributed by atoms with E-state index in [0.717, 1.165) is 48.6 Å². The summed E-state index contributed by atoms with van der Waals surface area (Å²) < 4.78 is 5.93. The van der Waals surface area contributed by atoms with Gasteiger partial charge in [-0.25, -0.2) is 4.98 Å². The molecule has 1 aliphatic rings. The number of fused-ring (bicyclic) bond motifs is 1. The van der Waals surface area contributed by atoms with E-state index in [-0.39, 0.29) is 5.91 Å². The van der Waals surface area contributed by atoms with Gasteiger partial charge in [0.15, 0.2) is 5.89 Å². The standard InChI is InChI=1S/C22H23N3O2/c26-22(9-7-18-10-13-23-14-11-18)25-15-12-20-19(16-25)24-21(27-20)8-6-17-4-2-1-3-5-17/h1-5,10-11,13-14H,6-9,12,15-16H2. The number of aryl methyl sites for hydroxylation is 3. The van der Waals surface area contributed by atoms with Crippen molar-refractivity contribution in [3.63, 3.8) is 0 Å². The second-order valence-electron chi connectivity index (χ2n) is 6.88. The van der Waals surface area contributed by atoms with Gasteiger partial charge in [0, 0.05) is 38.2 Å². The molecule has 0 unspecified atom stereocenters. The molecule has 0 aliphatic carbocycles. The molecule has 27 heavy (non-hydrogen) atoms. The van der Waals surface area contributed by atoms with Gasteiger partial charge >= 0.3 is 0 Å². The van der Waals surface area contributed by atoms with Crippen molar-refractivity contribution in [2.45, 2.75) is 38.6 Å². The predicted octanol–water partition coefficient (Wildman–Crippen LogP) is 3.37. The maximum atomic E-state index is 12.6. The van der Waals surface area contributed by atoms with Crippen molar-refractivity contribution >= 4 is 5.91 Å². The van der Waals surface area contributed by atoms with E-state index in [9.17, 15) is 4.79 Å². The molecule has 0 fully saturated rings. The zero-order valence-electron chi connectivity index (χ0n) is 15.3. The van der Waals surface area contributed by atoms with Gasteiger partial charge in [-0.3, -0.25) is 9.78 Å². The Hall–Kier alpha value is -2.95. The van der Waals surface area contributed by atoms with E-state index < -0.39 is 0 Å². The SMILES string of the molecule is O=C(CCc1ccncc1)N1CCc2oc(CCc3ccccc3)nc2C1. The summed E-state index contributed by atoms with van der Waals surface area (Å²) in [6.45, 7) is 1.26. The molecule has 1 aromatic carbocycles. The van der Waals surface area contributed by atoms with Gasteiger partial charge in [0.1, 0.15) is 11.5 Å². The zero-order chi connectivity index (χ0) is 18.5. The number of amides is 1. The van der Waals surface area contributed by atoms with Crippen LogP contribution in [0.5, 0.6) is 0 Å². The van der Waals surface area contributed by atoms with Crippen molar-refractivity contribution < 1.29 is 9.21 Å². The number of carbonyl (C=O) groups is 1. The van der Waals surface area contributed by atoms with Crippen LogP contribution in [0.25, 0.3) is 0 Å². The Morgan fingerprint density at radius 2 is 1.78 bits per heavy atom. The van der Waals surface area contributed by atoms with E-state index in [1.54, 1.807) is 12.4 Å². The Morgan fingerprint density at radius 1 is 1.00 bits per heavy atom. The highest BCUT2D eigenvalue weighted by molar-refractivity contribution is 5.76. The maximum absolute atomic E-state index is 12.6. The summed E-state index contributed by atoms with van der Waals surface area (Å²) in [5.41, 5.74) is 3.34. The third-order valence-electron chi connectivity index (χ3n) is 4.97. The van der Waals surface area contributed by atoms with Crippen molar-refractivity contribution in [2.75, 3.05) is 6.54 Å². The van der Waals surface area contributed by atoms with Crippen molar-refractivity contribution in [3.8, 4) is 0 Å². The van der Waals surface area contributed by atoms with Crippen LogP contribution < -0.4 is 0 Å². The fourth-order valence-electron chi connectivity index (χ4n) is 3.43. The van der Waals surface area contributed by atoms with E-state index in [1.165, 1.54) is 5.56 Å². The van der Waals surface area contributed by atoms with Crippen LogP contribution in [0.2, 0.25) is 0 Å². The number of rotatable bonds is 6. The van der Waals surface area contributed by atoms with Crippen LogP contribution in [-0.2, 0) is 37.0 Å². The predicted molar refractivity (Wildman–Crippen MR) is 102 cm³/mol. The molecule has 2 aromatic heterocycles. The Labute approximate surface area is 159 Å². The Kier molecular flexibility index (Phi) is 5.28. The molecule has 3 aromatic rings. The summed E-state index contributed by atoms with van der Waals surface area (Å²) in [4.78, 5) is 23.1. The molecule has 1 amide bonds. The number of hydrogen-bond donors (Lipinski definition) is 0. The van der Waals surface area contributed by atoms with E-state index in [2.05, 4.69) is 22.1 Å². The molecule has 3 heterocycles. The van der Waals surface area contributed by atoms with Crippen LogP contribution in [0.3, 0.4) is 0 Å². The van der Waals surface area contributed by atoms with Gasteiger partial charge in [0.2, 0.25) is 5.91 Å². The molecule has 0 radical (unpaired) electrons. The Morgan fingerprint density at radius 3 is 2.59 bits per heavy atom. The second-order valence-corrected chi connectivity index (χ2v) is 6.88. The normalized spacial score (nSPS) is 13.4. The zero-order valence-corrected chi connectivity index (χ0v) is 15.3. The largest absolute Gasteiger partial charge is 0.445 e. The molecule has 5 nitrogen and oxygen atoms in total. The van der Waals surface area contributed by atoms with Crippen molar-refractivity contribution in [3.05, 3.63) is 83.3 Å². The molecule has 0 bridgehead atoms. The number of hydrogen-bond acceptors (Lipinski definition) is 4. The second kappa shape index (κ2) is 8.16. The van der Waals surface area contributed by atoms with E-state index >= 15 is 0 Å². The van der Waals surface area contributed by atoms with Crippen molar-refractivity contribution in [2.24, 2.45) is 0 Å². The smallest absolute Gasteiger partial charge is 0.223 e. The highest BCUT2D eigenvalue weighted by Gasteiger charge is 2.25. The lowest BCUT2D eigenvalue weighted by atomic mass is 10.1. The number of oxazole rings is 1. The topological polar surface area (TPSA) is 59.2 Å². The first-order chi connectivity index (χ1) is 13.3. The summed E-state index contributed by atoms with van der Waals surface area (Å²) in [5, 5.41) is 0. The molecule has 5 heteroatoms. The third kappa shape index (κ3) is 4.42. The minimum atomic E-state index is 0.172. The number of carbonyl (C=O) groups excluding carboxylic acids is 1. The summed E-state index contributed by atoms with van der Waals surface area (Å²) in [6, 6.07) is 14.3. The van der Waals surface area contributed by atoms with E-state index in [1.807, 2.05) is 35.2 Å². The maximum Gasteiger partial charge on any atom is 0.223 e. The van der Waals surface area contributed by atoms with Crippen LogP contribution >= 0.6 is 0 Å². The monoisotopic (exact) mass is 361 g/mol. The van der Waals surface area contributed by atoms with Crippen molar-refractivity contribution in [1.29, 1.82) is 0 Å². The van der Waals surface area contributed by atoms with Gasteiger partial charge < -0.3 is 9.32 Å². The summed E-state index contributed by atoms with van der Waals surface area (Å²) in [6.07, 6.45) is 7.22. The lowest BCUT2D eigenvalue weighted by Gasteiger charge is -2.25. The molecular formula is C22H23N3O2. The summed E-state index contributed by atoms with van der Waals surface area (Å²) in [5.74, 6) is 1.89. The van der Waals surface area contributed by atoms with Crippen molar-refractivity contribution in [1.82, 2.24) is 14.9 Å². The molecule has 0 saturated heterocycles. The highest BCUT2D eigenvalue weighted by Crippen LogP contribution is 2.21. The molecule has 1 aliphatic heterocycles. The number of nitrogens with zero attached hydrogens (tertiary/aromatic N) is 3. The van der Waals surface area contributed by atoms with Gasteiger partial charge in [-0.05, 0) is 36.1 Å². The van der Waals surface area contributed by atoms with Crippen LogP contribution in [0.15, 0.2) is 59.3 Å². The first-order valence-electron chi connectivity index (χ1n) is 9.46. The van der Waals surface area contributed by atoms with Gasteiger partial charge in [-0.15, -0.1) is 0 Å². The molecule has 0 atom stereocenters. The quantitative estimate of drug-likeness (QED) is 0.675. The van der Waals surface area contributed by atoms with Crippen LogP contribution in [0.1, 0.15) is 34.9 Å². The molecule has 138 valence electrons. The average molecular weight is 361 g/mol. The fourth-order valence-corrected chi connectivity index (χ4v) is 3.43. The van der Waals surface area contributed by atoms with E-state index in [4.69, 9.17) is 4.42 Å². The lowest BCUT2D eigenvalue weighted by Crippen LogP contribution is -2.35. The number of pyridine rings is 1. The Balaban J connectivity index is 1.32. The number of aromatic nitrogens is 2. The molecule has 4 rings (SSSR count). The summed E-state index contributed by atoms with van der Waals surface area (Å²) >= 11 is 0. The van der Waals surface area contributed by atoms with Crippen LogP contribution in [-0.4, -0.2) is 27.3 Å².